The Kier molecular flexibility index (Phi) is 11.2. The number of hydrogen-bond acceptors (Lipinski definition) is 5. The van der Waals surface area contributed by atoms with Crippen LogP contribution in [-0.4, -0.2) is 64.8 Å². The molecule has 0 saturated heterocycles. The summed E-state index contributed by atoms with van der Waals surface area (Å²) >= 11 is 0. The predicted molar refractivity (Wildman–Crippen MR) is 127 cm³/mol. The van der Waals surface area contributed by atoms with Gasteiger partial charge in [-0.3, -0.25) is 19.2 Å². The first-order chi connectivity index (χ1) is 15.9. The minimum absolute atomic E-state index is 0.00225. The largest absolute Gasteiger partial charge is 0.465 e. The van der Waals surface area contributed by atoms with Crippen LogP contribution in [-0.2, 0) is 25.6 Å². The van der Waals surface area contributed by atoms with Gasteiger partial charge >= 0.3 is 6.09 Å². The van der Waals surface area contributed by atoms with Crippen molar-refractivity contribution in [3.8, 4) is 0 Å². The zero-order valence-electron chi connectivity index (χ0n) is 20.4. The number of benzene rings is 1. The average Bonchev–Trinajstić information content (AvgIpc) is 2.78. The molecule has 10 heteroatoms. The third-order valence-corrected chi connectivity index (χ3v) is 5.71. The Morgan fingerprint density at radius 1 is 1.03 bits per heavy atom. The molecule has 188 valence electrons. The molecule has 0 aliphatic rings. The number of hydrogen-bond donors (Lipinski definition) is 4. The molecule has 0 heterocycles. The Morgan fingerprint density at radius 2 is 1.62 bits per heavy atom. The average molecular weight is 477 g/mol. The molecule has 0 aliphatic heterocycles. The van der Waals surface area contributed by atoms with Gasteiger partial charge in [0.1, 0.15) is 12.1 Å². The molecule has 0 saturated carbocycles. The Morgan fingerprint density at radius 3 is 2.09 bits per heavy atom. The van der Waals surface area contributed by atoms with Crippen molar-refractivity contribution in [2.75, 3.05) is 7.05 Å². The summed E-state index contributed by atoms with van der Waals surface area (Å²) in [6.07, 6.45) is -0.550. The third kappa shape index (κ3) is 8.49. The first kappa shape index (κ1) is 28.6. The second kappa shape index (κ2) is 13.3. The number of Topliss-reactive ketones (excluding diaryl/α,β-unsaturated/α-hetero) is 1. The van der Waals surface area contributed by atoms with E-state index in [9.17, 15) is 24.0 Å². The fraction of sp³-hybridized carbons (Fsp3) is 0.542. The number of ketones is 1. The van der Waals surface area contributed by atoms with Crippen molar-refractivity contribution in [3.05, 3.63) is 35.9 Å². The Balaban J connectivity index is 3.11. The van der Waals surface area contributed by atoms with Crippen LogP contribution in [0.2, 0.25) is 0 Å². The van der Waals surface area contributed by atoms with Crippen molar-refractivity contribution in [2.45, 2.75) is 65.1 Å². The molecule has 5 N–H and O–H groups in total. The molecule has 4 atom stereocenters. The lowest BCUT2D eigenvalue weighted by Gasteiger charge is -2.30. The van der Waals surface area contributed by atoms with Gasteiger partial charge in [0.2, 0.25) is 17.6 Å². The zero-order valence-corrected chi connectivity index (χ0v) is 20.4. The summed E-state index contributed by atoms with van der Waals surface area (Å²) in [5, 5.41) is 13.8. The first-order valence-corrected chi connectivity index (χ1v) is 11.3. The Hall–Kier alpha value is -3.43. The number of likely N-dealkylation sites (N-methyl/N-ethyl adjacent to an activating group) is 1. The summed E-state index contributed by atoms with van der Waals surface area (Å²) < 4.78 is 0. The van der Waals surface area contributed by atoms with Crippen LogP contribution in [0.15, 0.2) is 30.3 Å². The maximum atomic E-state index is 13.2. The highest BCUT2D eigenvalue weighted by Gasteiger charge is 2.37. The summed E-state index contributed by atoms with van der Waals surface area (Å²) in [4.78, 5) is 63.3. The van der Waals surface area contributed by atoms with E-state index in [-0.39, 0.29) is 18.8 Å². The molecule has 0 fully saturated rings. The van der Waals surface area contributed by atoms with Gasteiger partial charge in [0.05, 0.1) is 6.04 Å². The Labute approximate surface area is 200 Å². The number of carbonyl (C=O) groups is 5. The Bertz CT molecular complexity index is 873. The third-order valence-electron chi connectivity index (χ3n) is 5.71. The quantitative estimate of drug-likeness (QED) is 0.314. The number of primary amides is 1. The molecule has 0 aliphatic carbocycles. The number of nitrogens with two attached hydrogens (primary N) is 1. The van der Waals surface area contributed by atoms with E-state index in [0.29, 0.717) is 6.42 Å². The lowest BCUT2D eigenvalue weighted by molar-refractivity contribution is -0.149. The predicted octanol–water partition coefficient (Wildman–Crippen LogP) is 1.32. The first-order valence-electron chi connectivity index (χ1n) is 11.3. The van der Waals surface area contributed by atoms with E-state index in [2.05, 4.69) is 10.6 Å². The summed E-state index contributed by atoms with van der Waals surface area (Å²) in [5.74, 6) is -3.73. The lowest BCUT2D eigenvalue weighted by Crippen LogP contribution is -2.58. The van der Waals surface area contributed by atoms with Gasteiger partial charge in [-0.1, -0.05) is 64.4 Å². The van der Waals surface area contributed by atoms with Crippen LogP contribution in [0, 0.1) is 11.8 Å². The van der Waals surface area contributed by atoms with Gasteiger partial charge in [-0.15, -0.1) is 0 Å². The second-order valence-corrected chi connectivity index (χ2v) is 8.89. The number of carboxylic acid groups (broad SMARTS) is 1. The number of amides is 4. The van der Waals surface area contributed by atoms with Crippen LogP contribution >= 0.6 is 0 Å². The minimum Gasteiger partial charge on any atom is -0.465 e. The maximum absolute atomic E-state index is 13.2. The van der Waals surface area contributed by atoms with E-state index in [1.807, 2.05) is 19.9 Å². The van der Waals surface area contributed by atoms with E-state index in [4.69, 9.17) is 10.8 Å². The molecule has 0 bridgehead atoms. The van der Waals surface area contributed by atoms with Crippen LogP contribution in [0.5, 0.6) is 0 Å². The molecule has 0 aromatic heterocycles. The molecule has 10 nitrogen and oxygen atoms in total. The van der Waals surface area contributed by atoms with Gasteiger partial charge in [-0.2, -0.15) is 0 Å². The maximum Gasteiger partial charge on any atom is 0.405 e. The molecule has 2 unspecified atom stereocenters. The summed E-state index contributed by atoms with van der Waals surface area (Å²) in [7, 11) is 1.32. The van der Waals surface area contributed by atoms with Gasteiger partial charge < -0.3 is 26.4 Å². The molecule has 0 spiro atoms. The number of nitrogens with zero attached hydrogens (tertiary/aromatic N) is 1. The normalized spacial score (nSPS) is 14.4. The fourth-order valence-electron chi connectivity index (χ4n) is 3.52. The van der Waals surface area contributed by atoms with E-state index >= 15 is 0 Å². The van der Waals surface area contributed by atoms with Crippen molar-refractivity contribution in [1.82, 2.24) is 15.5 Å². The minimum atomic E-state index is -1.37. The topological polar surface area (TPSA) is 159 Å². The number of carbonyl (C=O) groups excluding carboxylic acids is 4. The van der Waals surface area contributed by atoms with Crippen molar-refractivity contribution in [1.29, 1.82) is 0 Å². The summed E-state index contributed by atoms with van der Waals surface area (Å²) in [6, 6.07) is 5.61. The highest BCUT2D eigenvalue weighted by molar-refractivity contribution is 6.38. The van der Waals surface area contributed by atoms with Gasteiger partial charge in [-0.05, 0) is 23.8 Å². The van der Waals surface area contributed by atoms with Crippen LogP contribution in [0.3, 0.4) is 0 Å². The molecule has 4 amide bonds. The number of rotatable bonds is 13. The van der Waals surface area contributed by atoms with Crippen LogP contribution in [0.1, 0.15) is 46.1 Å². The van der Waals surface area contributed by atoms with Crippen molar-refractivity contribution in [3.63, 3.8) is 0 Å². The molecular weight excluding hydrogens is 440 g/mol. The van der Waals surface area contributed by atoms with Crippen molar-refractivity contribution in [2.24, 2.45) is 17.6 Å². The molecule has 34 heavy (non-hydrogen) atoms. The molecular formula is C24H36N4O6. The van der Waals surface area contributed by atoms with Crippen molar-refractivity contribution < 1.29 is 29.1 Å². The van der Waals surface area contributed by atoms with Crippen molar-refractivity contribution >= 4 is 29.6 Å². The second-order valence-electron chi connectivity index (χ2n) is 8.89. The van der Waals surface area contributed by atoms with E-state index in [1.165, 1.54) is 7.05 Å². The van der Waals surface area contributed by atoms with Crippen LogP contribution in [0.25, 0.3) is 0 Å². The number of nitrogens with one attached hydrogen (secondary N) is 2. The molecule has 1 aromatic rings. The van der Waals surface area contributed by atoms with Gasteiger partial charge in [-0.25, -0.2) is 4.79 Å². The fourth-order valence-corrected chi connectivity index (χ4v) is 3.52. The highest BCUT2D eigenvalue weighted by atomic mass is 16.4. The van der Waals surface area contributed by atoms with E-state index in [1.54, 1.807) is 38.1 Å². The summed E-state index contributed by atoms with van der Waals surface area (Å²) in [5.41, 5.74) is 6.29. The molecule has 0 radical (unpaired) electrons. The standard InChI is InChI=1S/C24H36N4O6/c1-6-15(4)19(27-22(31)17(12-14(2)3)26-24(33)34)20(29)23(32)28(5)18(21(25)30)13-16-10-8-7-9-11-16/h7-11,14-15,17-19,26H,6,12-13H2,1-5H3,(H2,25,30)(H,27,31)(H,33,34)/t15-,17-,18?,19?/m0/s1. The van der Waals surface area contributed by atoms with Gasteiger partial charge in [0.25, 0.3) is 5.91 Å². The SMILES string of the molecule is CC[C@H](C)C(NC(=O)[C@H](CC(C)C)NC(=O)O)C(=O)C(=O)N(C)C(Cc1ccccc1)C(N)=O. The monoisotopic (exact) mass is 476 g/mol. The van der Waals surface area contributed by atoms with Crippen LogP contribution < -0.4 is 16.4 Å². The lowest BCUT2D eigenvalue weighted by atomic mass is 9.93. The smallest absolute Gasteiger partial charge is 0.405 e. The van der Waals surface area contributed by atoms with E-state index in [0.717, 1.165) is 10.5 Å². The zero-order chi connectivity index (χ0) is 26.0. The van der Waals surface area contributed by atoms with Gasteiger partial charge in [0, 0.05) is 13.5 Å². The molecule has 1 rings (SSSR count). The summed E-state index contributed by atoms with van der Waals surface area (Å²) in [6.45, 7) is 7.16. The highest BCUT2D eigenvalue weighted by Crippen LogP contribution is 2.14. The molecule has 1 aromatic carbocycles. The van der Waals surface area contributed by atoms with E-state index < -0.39 is 53.6 Å². The van der Waals surface area contributed by atoms with Gasteiger partial charge in [0.15, 0.2) is 0 Å². The van der Waals surface area contributed by atoms with Crippen LogP contribution in [0.4, 0.5) is 4.79 Å².